The van der Waals surface area contributed by atoms with E-state index in [-0.39, 0.29) is 6.04 Å². The summed E-state index contributed by atoms with van der Waals surface area (Å²) in [6.07, 6.45) is 2.65. The molecule has 18 heavy (non-hydrogen) atoms. The van der Waals surface area contributed by atoms with Crippen molar-refractivity contribution in [1.82, 2.24) is 15.2 Å². The quantitative estimate of drug-likeness (QED) is 0.869. The lowest BCUT2D eigenvalue weighted by atomic mass is 10.3. The maximum Gasteiger partial charge on any atom is 0.164 e. The molecule has 0 saturated carbocycles. The van der Waals surface area contributed by atoms with Crippen molar-refractivity contribution in [2.75, 3.05) is 10.6 Å². The van der Waals surface area contributed by atoms with Crippen LogP contribution >= 0.6 is 0 Å². The highest BCUT2D eigenvalue weighted by Crippen LogP contribution is 2.17. The summed E-state index contributed by atoms with van der Waals surface area (Å²) in [6, 6.07) is 5.35. The number of aromatic nitrogens is 3. The van der Waals surface area contributed by atoms with Gasteiger partial charge in [0.25, 0.3) is 0 Å². The average Bonchev–Trinajstić information content (AvgIpc) is 2.34. The van der Waals surface area contributed by atoms with Crippen molar-refractivity contribution in [2.24, 2.45) is 0 Å². The van der Waals surface area contributed by atoms with E-state index < -0.39 is 5.82 Å². The zero-order chi connectivity index (χ0) is 13.0. The van der Waals surface area contributed by atoms with Gasteiger partial charge in [0, 0.05) is 12.2 Å². The van der Waals surface area contributed by atoms with E-state index in [2.05, 4.69) is 25.8 Å². The van der Waals surface area contributed by atoms with Crippen molar-refractivity contribution >= 4 is 17.3 Å². The molecular weight excluding hydrogens is 233 g/mol. The van der Waals surface area contributed by atoms with Gasteiger partial charge in [0.2, 0.25) is 0 Å². The van der Waals surface area contributed by atoms with E-state index in [1.54, 1.807) is 12.1 Å². The summed E-state index contributed by atoms with van der Waals surface area (Å²) >= 11 is 0. The van der Waals surface area contributed by atoms with Crippen molar-refractivity contribution in [3.8, 4) is 0 Å². The highest BCUT2D eigenvalue weighted by molar-refractivity contribution is 5.56. The molecule has 0 aliphatic heterocycles. The van der Waals surface area contributed by atoms with Gasteiger partial charge in [-0.15, -0.1) is 10.2 Å². The summed E-state index contributed by atoms with van der Waals surface area (Å²) in [5, 5.41) is 13.9. The Labute approximate surface area is 104 Å². The highest BCUT2D eigenvalue weighted by Gasteiger charge is 2.03. The first-order chi connectivity index (χ1) is 8.65. The molecule has 5 nitrogen and oxygen atoms in total. The van der Waals surface area contributed by atoms with Crippen LogP contribution in [0.4, 0.5) is 21.7 Å². The van der Waals surface area contributed by atoms with E-state index in [4.69, 9.17) is 0 Å². The summed E-state index contributed by atoms with van der Waals surface area (Å²) < 4.78 is 13.3. The standard InChI is InChI=1S/C12H14FN5/c1-8(2)15-11-3-4-12(18-17-11)16-10-5-6-14-7-9(10)13/h3-8H,1-2H3,(H,15,17)(H,14,16,18). The van der Waals surface area contributed by atoms with Gasteiger partial charge in [-0.05, 0) is 32.0 Å². The van der Waals surface area contributed by atoms with Crippen LogP contribution in [-0.2, 0) is 0 Å². The number of nitrogens with one attached hydrogen (secondary N) is 2. The van der Waals surface area contributed by atoms with Crippen LogP contribution in [0, 0.1) is 5.82 Å². The Morgan fingerprint density at radius 3 is 2.44 bits per heavy atom. The van der Waals surface area contributed by atoms with Crippen molar-refractivity contribution in [3.63, 3.8) is 0 Å². The fourth-order valence-electron chi connectivity index (χ4n) is 1.39. The number of hydrogen-bond donors (Lipinski definition) is 2. The van der Waals surface area contributed by atoms with Gasteiger partial charge in [0.05, 0.1) is 11.9 Å². The fourth-order valence-corrected chi connectivity index (χ4v) is 1.39. The topological polar surface area (TPSA) is 62.7 Å². The van der Waals surface area contributed by atoms with Crippen molar-refractivity contribution in [3.05, 3.63) is 36.4 Å². The predicted octanol–water partition coefficient (Wildman–Crippen LogP) is 2.57. The summed E-state index contributed by atoms with van der Waals surface area (Å²) in [5.74, 6) is 0.740. The maximum atomic E-state index is 13.3. The van der Waals surface area contributed by atoms with E-state index in [9.17, 15) is 4.39 Å². The summed E-state index contributed by atoms with van der Waals surface area (Å²) in [7, 11) is 0. The molecule has 2 heterocycles. The van der Waals surface area contributed by atoms with Gasteiger partial charge in [-0.2, -0.15) is 0 Å². The van der Waals surface area contributed by atoms with Crippen LogP contribution in [0.5, 0.6) is 0 Å². The van der Waals surface area contributed by atoms with Gasteiger partial charge in [-0.3, -0.25) is 4.98 Å². The Bertz CT molecular complexity index is 512. The number of rotatable bonds is 4. The van der Waals surface area contributed by atoms with Crippen molar-refractivity contribution < 1.29 is 4.39 Å². The highest BCUT2D eigenvalue weighted by atomic mass is 19.1. The fraction of sp³-hybridized carbons (Fsp3) is 0.250. The molecule has 0 aromatic carbocycles. The molecule has 0 saturated heterocycles. The lowest BCUT2D eigenvalue weighted by molar-refractivity contribution is 0.625. The molecule has 0 atom stereocenters. The molecule has 0 aliphatic rings. The molecule has 2 aromatic rings. The van der Waals surface area contributed by atoms with Crippen LogP contribution in [0.3, 0.4) is 0 Å². The molecule has 0 bridgehead atoms. The molecule has 0 unspecified atom stereocenters. The maximum absolute atomic E-state index is 13.3. The Morgan fingerprint density at radius 2 is 1.83 bits per heavy atom. The first-order valence-corrected chi connectivity index (χ1v) is 5.62. The van der Waals surface area contributed by atoms with Gasteiger partial charge in [0.1, 0.15) is 5.82 Å². The molecule has 2 aromatic heterocycles. The third-order valence-corrected chi connectivity index (χ3v) is 2.14. The number of pyridine rings is 1. The molecule has 2 N–H and O–H groups in total. The van der Waals surface area contributed by atoms with E-state index in [1.165, 1.54) is 12.3 Å². The molecule has 6 heteroatoms. The van der Waals surface area contributed by atoms with E-state index >= 15 is 0 Å². The average molecular weight is 247 g/mol. The first-order valence-electron chi connectivity index (χ1n) is 5.62. The van der Waals surface area contributed by atoms with Gasteiger partial charge in [0.15, 0.2) is 11.6 Å². The van der Waals surface area contributed by atoms with E-state index in [0.29, 0.717) is 17.3 Å². The molecule has 0 radical (unpaired) electrons. The Balaban J connectivity index is 2.09. The van der Waals surface area contributed by atoms with Gasteiger partial charge in [-0.25, -0.2) is 4.39 Å². The lowest BCUT2D eigenvalue weighted by Crippen LogP contribution is -2.11. The zero-order valence-corrected chi connectivity index (χ0v) is 10.2. The molecule has 0 amide bonds. The molecule has 0 fully saturated rings. The SMILES string of the molecule is CC(C)Nc1ccc(Nc2ccncc2F)nn1. The van der Waals surface area contributed by atoms with Crippen LogP contribution < -0.4 is 10.6 Å². The number of anilines is 3. The number of nitrogens with zero attached hydrogens (tertiary/aromatic N) is 3. The van der Waals surface area contributed by atoms with Crippen molar-refractivity contribution in [2.45, 2.75) is 19.9 Å². The van der Waals surface area contributed by atoms with Gasteiger partial charge >= 0.3 is 0 Å². The number of hydrogen-bond acceptors (Lipinski definition) is 5. The van der Waals surface area contributed by atoms with Crippen LogP contribution in [0.1, 0.15) is 13.8 Å². The normalized spacial score (nSPS) is 10.4. The Hall–Kier alpha value is -2.24. The Kier molecular flexibility index (Phi) is 3.66. The van der Waals surface area contributed by atoms with Crippen LogP contribution in [-0.4, -0.2) is 21.2 Å². The smallest absolute Gasteiger partial charge is 0.164 e. The van der Waals surface area contributed by atoms with Crippen molar-refractivity contribution in [1.29, 1.82) is 0 Å². The van der Waals surface area contributed by atoms with Crippen LogP contribution in [0.2, 0.25) is 0 Å². The molecule has 2 rings (SSSR count). The van der Waals surface area contributed by atoms with Gasteiger partial charge in [-0.1, -0.05) is 0 Å². The summed E-state index contributed by atoms with van der Waals surface area (Å²) in [4.78, 5) is 3.67. The number of halogens is 1. The minimum atomic E-state index is -0.427. The Morgan fingerprint density at radius 1 is 1.11 bits per heavy atom. The minimum Gasteiger partial charge on any atom is -0.366 e. The van der Waals surface area contributed by atoms with E-state index in [1.807, 2.05) is 13.8 Å². The van der Waals surface area contributed by atoms with Gasteiger partial charge < -0.3 is 10.6 Å². The third kappa shape index (κ3) is 3.13. The monoisotopic (exact) mass is 247 g/mol. The molecule has 0 aliphatic carbocycles. The zero-order valence-electron chi connectivity index (χ0n) is 10.2. The first kappa shape index (κ1) is 12.2. The van der Waals surface area contributed by atoms with Crippen LogP contribution in [0.25, 0.3) is 0 Å². The summed E-state index contributed by atoms with van der Waals surface area (Å²) in [5.41, 5.74) is 0.323. The van der Waals surface area contributed by atoms with Crippen LogP contribution in [0.15, 0.2) is 30.6 Å². The lowest BCUT2D eigenvalue weighted by Gasteiger charge is -2.09. The summed E-state index contributed by atoms with van der Waals surface area (Å²) in [6.45, 7) is 4.03. The second kappa shape index (κ2) is 5.39. The molecular formula is C12H14FN5. The molecule has 94 valence electrons. The predicted molar refractivity (Wildman–Crippen MR) is 68.3 cm³/mol. The second-order valence-corrected chi connectivity index (χ2v) is 4.08. The minimum absolute atomic E-state index is 0.288. The third-order valence-electron chi connectivity index (χ3n) is 2.14. The molecule has 0 spiro atoms. The second-order valence-electron chi connectivity index (χ2n) is 4.08. The van der Waals surface area contributed by atoms with E-state index in [0.717, 1.165) is 6.20 Å². The largest absolute Gasteiger partial charge is 0.366 e.